The number of aryl methyl sites for hydroxylation is 1. The van der Waals surface area contributed by atoms with E-state index in [1.165, 1.54) is 13.1 Å². The number of carbonyl (C=O) groups is 2. The van der Waals surface area contributed by atoms with Crippen LogP contribution in [0.15, 0.2) is 16.1 Å². The van der Waals surface area contributed by atoms with Gasteiger partial charge in [-0.3, -0.25) is 13.9 Å². The van der Waals surface area contributed by atoms with Crippen LogP contribution < -0.4 is 40.4 Å². The van der Waals surface area contributed by atoms with E-state index in [1.54, 1.807) is 20.8 Å². The molecule has 1 aliphatic heterocycles. The smallest absolute Gasteiger partial charge is 0.858 e. The van der Waals surface area contributed by atoms with Crippen molar-refractivity contribution in [2.75, 3.05) is 19.0 Å². The number of ether oxygens (including phenoxy) is 2. The molecular weight excluding hydrogens is 516 g/mol. The van der Waals surface area contributed by atoms with Gasteiger partial charge in [-0.2, -0.15) is 0 Å². The Labute approximate surface area is 227 Å². The van der Waals surface area contributed by atoms with Crippen molar-refractivity contribution >= 4 is 30.2 Å². The Morgan fingerprint density at radius 3 is 2.74 bits per heavy atom. The van der Waals surface area contributed by atoms with Crippen molar-refractivity contribution in [3.05, 3.63) is 32.7 Å². The van der Waals surface area contributed by atoms with Gasteiger partial charge in [-0.05, 0) is 23.9 Å². The number of hydrogen-bond acceptors (Lipinski definition) is 11. The van der Waals surface area contributed by atoms with Crippen molar-refractivity contribution in [1.82, 2.24) is 9.55 Å². The molecule has 14 nitrogen and oxygen atoms in total. The molecule has 0 amide bonds. The third kappa shape index (κ3) is 8.88. The Bertz CT molecular complexity index is 1090. The zero-order valence-corrected chi connectivity index (χ0v) is 23.7. The second-order valence-corrected chi connectivity index (χ2v) is 11.1. The molecule has 1 unspecified atom stereocenters. The molecule has 2 heterocycles. The molecule has 2 rings (SSSR count). The number of nitrogens with zero attached hydrogens (tertiary/aromatic N) is 5. The number of hydrogen-bond donors (Lipinski definition) is 1. The molecule has 0 bridgehead atoms. The van der Waals surface area contributed by atoms with E-state index in [4.69, 9.17) is 19.5 Å². The molecule has 0 saturated carbocycles. The first-order valence-electron chi connectivity index (χ1n) is 10.0. The molecule has 1 saturated heterocycles. The van der Waals surface area contributed by atoms with E-state index in [9.17, 15) is 28.9 Å². The molecule has 1 aromatic heterocycles. The molecular formula is C18H25N5NaO9PS. The van der Waals surface area contributed by atoms with Crippen molar-refractivity contribution in [3.63, 3.8) is 0 Å². The average Bonchev–Trinajstić information content (AvgIpc) is 3.14. The molecule has 0 radical (unpaired) electrons. The van der Waals surface area contributed by atoms with Crippen molar-refractivity contribution in [2.24, 2.45) is 10.5 Å². The zero-order valence-electron chi connectivity index (χ0n) is 19.9. The number of thioether (sulfide) groups is 1. The van der Waals surface area contributed by atoms with E-state index in [0.29, 0.717) is 0 Å². The maximum atomic E-state index is 12.2. The van der Waals surface area contributed by atoms with E-state index in [-0.39, 0.29) is 59.0 Å². The van der Waals surface area contributed by atoms with Crippen LogP contribution in [0.2, 0.25) is 0 Å². The van der Waals surface area contributed by atoms with E-state index in [2.05, 4.69) is 15.0 Å². The Hall–Kier alpha value is -1.41. The summed E-state index contributed by atoms with van der Waals surface area (Å²) in [6.07, 6.45) is -0.814. The predicted octanol–water partition coefficient (Wildman–Crippen LogP) is -0.760. The summed E-state index contributed by atoms with van der Waals surface area (Å²) in [4.78, 5) is 51.8. The SMILES string of the molecule is Cc1cn([C@H]2C[C@H](N=[N+]=[N-])[C@@H](COP(=O)(O)C(=O)OCCSC(=O)C(C)(C)C)O2)c(=O)nc1[O-].[Na+]. The Kier molecular flexibility index (Phi) is 11.9. The molecule has 4 atom stereocenters. The largest absolute Gasteiger partial charge is 1.00 e. The fourth-order valence-corrected chi connectivity index (χ4v) is 4.26. The van der Waals surface area contributed by atoms with Crippen LogP contribution in [-0.2, 0) is 23.4 Å². The fraction of sp³-hybridized carbons (Fsp3) is 0.667. The first-order chi connectivity index (χ1) is 15.8. The van der Waals surface area contributed by atoms with E-state index < -0.39 is 55.3 Å². The van der Waals surface area contributed by atoms with Gasteiger partial charge in [-0.25, -0.2) is 19.1 Å². The zero-order chi connectivity index (χ0) is 25.7. The first kappa shape index (κ1) is 31.6. The van der Waals surface area contributed by atoms with Gasteiger partial charge in [0.25, 0.3) is 0 Å². The van der Waals surface area contributed by atoms with Crippen LogP contribution >= 0.6 is 19.4 Å². The van der Waals surface area contributed by atoms with Crippen LogP contribution in [0, 0.1) is 12.3 Å². The number of carbonyl (C=O) groups excluding carboxylic acids is 2. The van der Waals surface area contributed by atoms with E-state index in [0.717, 1.165) is 16.3 Å². The summed E-state index contributed by atoms with van der Waals surface area (Å²) in [5.41, 5.74) is 6.03. The monoisotopic (exact) mass is 541 g/mol. The summed E-state index contributed by atoms with van der Waals surface area (Å²) < 4.78 is 28.5. The number of azide groups is 1. The van der Waals surface area contributed by atoms with Crippen molar-refractivity contribution < 1.29 is 67.7 Å². The van der Waals surface area contributed by atoms with Gasteiger partial charge >= 0.3 is 48.6 Å². The molecule has 0 aliphatic carbocycles. The Morgan fingerprint density at radius 1 is 1.49 bits per heavy atom. The predicted molar refractivity (Wildman–Crippen MR) is 118 cm³/mol. The first-order valence-corrected chi connectivity index (χ1v) is 12.6. The van der Waals surface area contributed by atoms with E-state index in [1.807, 2.05) is 0 Å². The fourth-order valence-electron chi connectivity index (χ4n) is 2.77. The second kappa shape index (κ2) is 13.2. The summed E-state index contributed by atoms with van der Waals surface area (Å²) in [6.45, 7) is 5.74. The average molecular weight is 541 g/mol. The minimum atomic E-state index is -4.89. The van der Waals surface area contributed by atoms with Crippen molar-refractivity contribution in [3.8, 4) is 5.88 Å². The molecule has 0 aromatic carbocycles. The van der Waals surface area contributed by atoms with Gasteiger partial charge in [-0.15, -0.1) is 0 Å². The minimum Gasteiger partial charge on any atom is -0.858 e. The summed E-state index contributed by atoms with van der Waals surface area (Å²) in [7, 11) is -4.89. The summed E-state index contributed by atoms with van der Waals surface area (Å²) >= 11 is 0.929. The maximum Gasteiger partial charge on any atom is 1.00 e. The quantitative estimate of drug-likeness (QED) is 0.103. The minimum absolute atomic E-state index is 0. The van der Waals surface area contributed by atoms with E-state index >= 15 is 0 Å². The van der Waals surface area contributed by atoms with Gasteiger partial charge < -0.3 is 19.5 Å². The molecule has 1 aromatic rings. The normalized spacial score (nSPS) is 21.3. The third-order valence-corrected chi connectivity index (χ3v) is 6.94. The number of rotatable bonds is 9. The van der Waals surface area contributed by atoms with Crippen molar-refractivity contribution in [1.29, 1.82) is 0 Å². The van der Waals surface area contributed by atoms with Gasteiger partial charge in [0.05, 0.1) is 18.8 Å². The Morgan fingerprint density at radius 2 is 2.14 bits per heavy atom. The van der Waals surface area contributed by atoms with Gasteiger partial charge in [0.2, 0.25) is 0 Å². The maximum absolute atomic E-state index is 12.2. The molecule has 17 heteroatoms. The standard InChI is InChI=1S/C18H26N5O9PS.Na/c1-10-8-23(16(26)20-14(10)24)13-7-11(21-22-19)12(32-13)9-31-33(28,29)17(27)30-5-6-34-15(25)18(2,3)4;/h8,11-13H,5-7,9H2,1-4H3,(H,28,29)(H,20,24,26);/q;+1/p-1/t11-,12+,13+;/m0./s1. The molecule has 1 aliphatic rings. The number of aromatic nitrogens is 2. The van der Waals surface area contributed by atoms with Gasteiger partial charge in [-0.1, -0.05) is 37.6 Å². The van der Waals surface area contributed by atoms with Crippen LogP contribution in [0.1, 0.15) is 39.0 Å². The van der Waals surface area contributed by atoms with Gasteiger partial charge in [0.1, 0.15) is 12.8 Å². The second-order valence-electron chi connectivity index (χ2n) is 8.37. The molecule has 35 heavy (non-hydrogen) atoms. The summed E-state index contributed by atoms with van der Waals surface area (Å²) in [6, 6.07) is -0.898. The third-order valence-electron chi connectivity index (χ3n) is 4.60. The molecule has 0 spiro atoms. The molecule has 1 fully saturated rings. The Balaban J connectivity index is 0.00000612. The molecule has 188 valence electrons. The van der Waals surface area contributed by atoms with Crippen LogP contribution in [0.5, 0.6) is 5.88 Å². The summed E-state index contributed by atoms with van der Waals surface area (Å²) in [5, 5.41) is 14.9. The van der Waals surface area contributed by atoms with Crippen LogP contribution in [0.3, 0.4) is 0 Å². The van der Waals surface area contributed by atoms with Gasteiger partial charge in [0, 0.05) is 28.7 Å². The van der Waals surface area contributed by atoms with Crippen molar-refractivity contribution in [2.45, 2.75) is 52.5 Å². The van der Waals surface area contributed by atoms with Crippen LogP contribution in [-0.4, -0.2) is 56.4 Å². The summed E-state index contributed by atoms with van der Waals surface area (Å²) in [5.74, 6) is -0.593. The molecule has 1 N–H and O–H groups in total. The van der Waals surface area contributed by atoms with Gasteiger partial charge in [0.15, 0.2) is 5.12 Å². The topological polar surface area (TPSA) is 206 Å². The van der Waals surface area contributed by atoms with Crippen LogP contribution in [0.25, 0.3) is 10.4 Å². The van der Waals surface area contributed by atoms with Crippen LogP contribution in [0.4, 0.5) is 4.79 Å².